The molecule has 8 aromatic rings. The number of rotatable bonds is 7. The first-order valence-corrected chi connectivity index (χ1v) is 15.2. The van der Waals surface area contributed by atoms with Gasteiger partial charge in [-0.25, -0.2) is 15.0 Å². The molecule has 7 aromatic heterocycles. The molecular weight excluding hydrogens is 594 g/mol. The molecule has 226 valence electrons. The van der Waals surface area contributed by atoms with E-state index in [1.165, 1.54) is 0 Å². The van der Waals surface area contributed by atoms with Crippen molar-refractivity contribution in [3.63, 3.8) is 0 Å². The van der Waals surface area contributed by atoms with Gasteiger partial charge < -0.3 is 0 Å². The Balaban J connectivity index is 1.28. The molecule has 0 atom stereocenters. The van der Waals surface area contributed by atoms with Crippen LogP contribution in [0.25, 0.3) is 78.9 Å². The van der Waals surface area contributed by atoms with Crippen molar-refractivity contribution in [3.05, 3.63) is 153 Å². The van der Waals surface area contributed by atoms with E-state index in [9.17, 15) is 0 Å². The van der Waals surface area contributed by atoms with Gasteiger partial charge in [0.2, 0.25) is 0 Å². The standard InChI is InChI=1S/C39H25N9/c1-4-36(45-24-30(1)26-5-13-40-14-6-26)39-47-37(31-2-3-35(44-25-31)29-11-19-43-20-12-29)46-38(48-39)34-22-32(27-7-15-41-16-8-27)21-33(23-34)28-9-17-42-18-10-28/h1-25H. The summed E-state index contributed by atoms with van der Waals surface area (Å²) < 4.78 is 0. The van der Waals surface area contributed by atoms with E-state index in [2.05, 4.69) is 38.1 Å². The summed E-state index contributed by atoms with van der Waals surface area (Å²) in [4.78, 5) is 41.1. The van der Waals surface area contributed by atoms with E-state index in [0.717, 1.165) is 55.8 Å². The van der Waals surface area contributed by atoms with Gasteiger partial charge in [0.1, 0.15) is 5.69 Å². The van der Waals surface area contributed by atoms with E-state index in [-0.39, 0.29) is 0 Å². The molecule has 0 fully saturated rings. The molecule has 0 amide bonds. The van der Waals surface area contributed by atoms with Crippen LogP contribution in [0.4, 0.5) is 0 Å². The molecular formula is C39H25N9. The summed E-state index contributed by atoms with van der Waals surface area (Å²) in [5, 5.41) is 0. The summed E-state index contributed by atoms with van der Waals surface area (Å²) in [6, 6.07) is 29.9. The summed E-state index contributed by atoms with van der Waals surface area (Å²) in [7, 11) is 0. The van der Waals surface area contributed by atoms with Crippen molar-refractivity contribution >= 4 is 0 Å². The fourth-order valence-electron chi connectivity index (χ4n) is 5.39. The van der Waals surface area contributed by atoms with E-state index < -0.39 is 0 Å². The first kappa shape index (κ1) is 28.6. The van der Waals surface area contributed by atoms with Crippen molar-refractivity contribution in [1.29, 1.82) is 0 Å². The summed E-state index contributed by atoms with van der Waals surface area (Å²) in [6.45, 7) is 0. The largest absolute Gasteiger partial charge is 0.265 e. The number of nitrogens with zero attached hydrogens (tertiary/aromatic N) is 9. The molecule has 0 saturated heterocycles. The molecule has 0 unspecified atom stereocenters. The van der Waals surface area contributed by atoms with Gasteiger partial charge in [0.05, 0.1) is 5.69 Å². The molecule has 0 aliphatic rings. The molecule has 0 radical (unpaired) electrons. The lowest BCUT2D eigenvalue weighted by molar-refractivity contribution is 1.06. The summed E-state index contributed by atoms with van der Waals surface area (Å²) in [6.07, 6.45) is 17.8. The number of hydrogen-bond donors (Lipinski definition) is 0. The molecule has 0 spiro atoms. The molecule has 0 bridgehead atoms. The van der Waals surface area contributed by atoms with Gasteiger partial charge in [-0.2, -0.15) is 0 Å². The molecule has 1 aromatic carbocycles. The maximum atomic E-state index is 5.00. The Hall–Kier alpha value is -6.87. The third-order valence-corrected chi connectivity index (χ3v) is 7.86. The number of hydrogen-bond acceptors (Lipinski definition) is 9. The topological polar surface area (TPSA) is 116 Å². The van der Waals surface area contributed by atoms with E-state index in [1.54, 1.807) is 55.8 Å². The van der Waals surface area contributed by atoms with Gasteiger partial charge >= 0.3 is 0 Å². The Labute approximate surface area is 276 Å². The van der Waals surface area contributed by atoms with Crippen LogP contribution in [0.1, 0.15) is 0 Å². The van der Waals surface area contributed by atoms with Gasteiger partial charge in [0.25, 0.3) is 0 Å². The average molecular weight is 620 g/mol. The minimum atomic E-state index is 0.453. The Bertz CT molecular complexity index is 2140. The first-order valence-electron chi connectivity index (χ1n) is 15.2. The van der Waals surface area contributed by atoms with Crippen LogP contribution in [-0.2, 0) is 0 Å². The third-order valence-electron chi connectivity index (χ3n) is 7.86. The monoisotopic (exact) mass is 619 g/mol. The zero-order valence-electron chi connectivity index (χ0n) is 25.5. The van der Waals surface area contributed by atoms with Crippen molar-refractivity contribution in [2.45, 2.75) is 0 Å². The lowest BCUT2D eigenvalue weighted by Crippen LogP contribution is -2.02. The lowest BCUT2D eigenvalue weighted by atomic mass is 9.96. The maximum Gasteiger partial charge on any atom is 0.182 e. The van der Waals surface area contributed by atoms with Crippen LogP contribution in [0.2, 0.25) is 0 Å². The van der Waals surface area contributed by atoms with Gasteiger partial charge in [-0.1, -0.05) is 6.07 Å². The Kier molecular flexibility index (Phi) is 7.66. The zero-order valence-corrected chi connectivity index (χ0v) is 25.5. The van der Waals surface area contributed by atoms with E-state index >= 15 is 0 Å². The number of benzene rings is 1. The zero-order chi connectivity index (χ0) is 32.1. The predicted molar refractivity (Wildman–Crippen MR) is 185 cm³/mol. The molecule has 48 heavy (non-hydrogen) atoms. The number of pyridine rings is 6. The highest BCUT2D eigenvalue weighted by atomic mass is 15.0. The Morgan fingerprint density at radius 3 is 1.17 bits per heavy atom. The van der Waals surface area contributed by atoms with Crippen molar-refractivity contribution in [3.8, 4) is 78.9 Å². The quantitative estimate of drug-likeness (QED) is 0.175. The first-order chi connectivity index (χ1) is 23.8. The minimum absolute atomic E-state index is 0.453. The van der Waals surface area contributed by atoms with Crippen LogP contribution < -0.4 is 0 Å². The second-order valence-electron chi connectivity index (χ2n) is 10.9. The summed E-state index contributed by atoms with van der Waals surface area (Å²) in [5.74, 6) is 1.46. The Morgan fingerprint density at radius 1 is 0.271 bits per heavy atom. The van der Waals surface area contributed by atoms with Crippen molar-refractivity contribution in [2.24, 2.45) is 0 Å². The van der Waals surface area contributed by atoms with Gasteiger partial charge in [0, 0.05) is 84.2 Å². The van der Waals surface area contributed by atoms with Crippen LogP contribution >= 0.6 is 0 Å². The van der Waals surface area contributed by atoms with Crippen molar-refractivity contribution in [2.75, 3.05) is 0 Å². The van der Waals surface area contributed by atoms with E-state index in [4.69, 9.17) is 24.9 Å². The molecule has 7 heterocycles. The smallest absolute Gasteiger partial charge is 0.182 e. The molecule has 9 heteroatoms. The van der Waals surface area contributed by atoms with E-state index in [1.807, 2.05) is 79.0 Å². The van der Waals surface area contributed by atoms with Crippen LogP contribution in [0.15, 0.2) is 153 Å². The van der Waals surface area contributed by atoms with Gasteiger partial charge in [0.15, 0.2) is 17.5 Å². The van der Waals surface area contributed by atoms with Crippen LogP contribution in [0.5, 0.6) is 0 Å². The second kappa shape index (κ2) is 12.9. The molecule has 8 rings (SSSR count). The third kappa shape index (κ3) is 6.03. The lowest BCUT2D eigenvalue weighted by Gasteiger charge is -2.12. The second-order valence-corrected chi connectivity index (χ2v) is 10.9. The fourth-order valence-corrected chi connectivity index (χ4v) is 5.39. The fraction of sp³-hybridized carbons (Fsp3) is 0. The summed E-state index contributed by atoms with van der Waals surface area (Å²) >= 11 is 0. The maximum absolute atomic E-state index is 5.00. The van der Waals surface area contributed by atoms with Crippen molar-refractivity contribution < 1.29 is 0 Å². The highest BCUT2D eigenvalue weighted by molar-refractivity contribution is 5.80. The molecule has 0 aliphatic carbocycles. The van der Waals surface area contributed by atoms with Crippen molar-refractivity contribution in [1.82, 2.24) is 44.9 Å². The van der Waals surface area contributed by atoms with Gasteiger partial charge in [-0.3, -0.25) is 29.9 Å². The minimum Gasteiger partial charge on any atom is -0.265 e. The molecule has 0 aliphatic heterocycles. The van der Waals surface area contributed by atoms with Gasteiger partial charge in [-0.05, 0) is 113 Å². The average Bonchev–Trinajstić information content (AvgIpc) is 3.19. The molecule has 0 N–H and O–H groups in total. The Morgan fingerprint density at radius 2 is 0.667 bits per heavy atom. The van der Waals surface area contributed by atoms with Crippen LogP contribution in [-0.4, -0.2) is 44.9 Å². The highest BCUT2D eigenvalue weighted by Crippen LogP contribution is 2.33. The van der Waals surface area contributed by atoms with Gasteiger partial charge in [-0.15, -0.1) is 0 Å². The number of aromatic nitrogens is 9. The molecule has 9 nitrogen and oxygen atoms in total. The SMILES string of the molecule is c1cc(-c2ccc(-c3nc(-c4ccc(-c5ccncc5)nc4)nc(-c4cc(-c5ccncc5)cc(-c5ccncc5)c4)n3)nc2)ccn1. The molecule has 0 saturated carbocycles. The van der Waals surface area contributed by atoms with Crippen LogP contribution in [0.3, 0.4) is 0 Å². The normalized spacial score (nSPS) is 10.9. The van der Waals surface area contributed by atoms with Crippen LogP contribution in [0, 0.1) is 0 Å². The summed E-state index contributed by atoms with van der Waals surface area (Å²) in [5.41, 5.74) is 10.1. The highest BCUT2D eigenvalue weighted by Gasteiger charge is 2.16. The predicted octanol–water partition coefficient (Wildman–Crippen LogP) is 7.91. The van der Waals surface area contributed by atoms with E-state index in [0.29, 0.717) is 23.2 Å².